The monoisotopic (exact) mass is 415 g/mol. The summed E-state index contributed by atoms with van der Waals surface area (Å²) >= 11 is 5.93. The van der Waals surface area contributed by atoms with Crippen molar-refractivity contribution in [3.63, 3.8) is 0 Å². The standard InChI is InChI=1S/C20H18ClN3O5/c1-2-27-16-8-6-13(7-9-16)20(26)22-11-18(25)28-12-17-23-19(24-29-17)14-4-3-5-15(21)10-14/h3-10H,2,11-12H2,1H3,(H,22,26). The number of ether oxygens (including phenoxy) is 2. The number of nitrogens with zero attached hydrogens (tertiary/aromatic N) is 2. The van der Waals surface area contributed by atoms with E-state index in [4.69, 9.17) is 25.6 Å². The first-order valence-electron chi connectivity index (χ1n) is 8.80. The number of hydrogen-bond acceptors (Lipinski definition) is 7. The summed E-state index contributed by atoms with van der Waals surface area (Å²) in [6.07, 6.45) is 0. The summed E-state index contributed by atoms with van der Waals surface area (Å²) < 4.78 is 15.4. The Bertz CT molecular complexity index is 988. The van der Waals surface area contributed by atoms with Gasteiger partial charge in [-0.3, -0.25) is 9.59 Å². The minimum Gasteiger partial charge on any atom is -0.494 e. The lowest BCUT2D eigenvalue weighted by atomic mass is 10.2. The second-order valence-corrected chi connectivity index (χ2v) is 6.26. The van der Waals surface area contributed by atoms with Crippen LogP contribution in [-0.4, -0.2) is 35.2 Å². The Labute approximate surface area is 171 Å². The number of carbonyl (C=O) groups excluding carboxylic acids is 2. The van der Waals surface area contributed by atoms with Gasteiger partial charge in [-0.1, -0.05) is 28.9 Å². The minimum atomic E-state index is -0.633. The molecule has 29 heavy (non-hydrogen) atoms. The summed E-state index contributed by atoms with van der Waals surface area (Å²) in [5.74, 6) is 0.103. The Hall–Kier alpha value is -3.39. The van der Waals surface area contributed by atoms with Gasteiger partial charge in [-0.15, -0.1) is 0 Å². The number of amides is 1. The smallest absolute Gasteiger partial charge is 0.325 e. The van der Waals surface area contributed by atoms with E-state index < -0.39 is 11.9 Å². The third-order valence-corrected chi connectivity index (χ3v) is 3.96. The molecule has 0 spiro atoms. The number of carbonyl (C=O) groups is 2. The summed E-state index contributed by atoms with van der Waals surface area (Å²) in [4.78, 5) is 28.1. The van der Waals surface area contributed by atoms with Crippen molar-refractivity contribution in [1.82, 2.24) is 15.5 Å². The molecule has 1 amide bonds. The first-order chi connectivity index (χ1) is 14.0. The predicted octanol–water partition coefficient (Wildman–Crippen LogP) is 3.26. The van der Waals surface area contributed by atoms with Crippen LogP contribution in [0.5, 0.6) is 5.75 Å². The third kappa shape index (κ3) is 5.79. The predicted molar refractivity (Wildman–Crippen MR) is 104 cm³/mol. The highest BCUT2D eigenvalue weighted by molar-refractivity contribution is 6.30. The molecule has 0 unspecified atom stereocenters. The van der Waals surface area contributed by atoms with Gasteiger partial charge in [0, 0.05) is 16.1 Å². The number of rotatable bonds is 8. The molecular formula is C20H18ClN3O5. The molecule has 0 atom stereocenters. The number of halogens is 1. The maximum absolute atomic E-state index is 12.1. The fourth-order valence-corrected chi connectivity index (χ4v) is 2.57. The van der Waals surface area contributed by atoms with Gasteiger partial charge in [0.1, 0.15) is 12.3 Å². The van der Waals surface area contributed by atoms with Gasteiger partial charge in [0.2, 0.25) is 5.82 Å². The maximum Gasteiger partial charge on any atom is 0.325 e. The lowest BCUT2D eigenvalue weighted by molar-refractivity contribution is -0.144. The van der Waals surface area contributed by atoms with Crippen molar-refractivity contribution in [2.75, 3.05) is 13.2 Å². The molecule has 0 fully saturated rings. The normalized spacial score (nSPS) is 10.4. The van der Waals surface area contributed by atoms with Gasteiger partial charge in [0.25, 0.3) is 11.8 Å². The zero-order valence-corrected chi connectivity index (χ0v) is 16.3. The second-order valence-electron chi connectivity index (χ2n) is 5.82. The Morgan fingerprint density at radius 2 is 1.97 bits per heavy atom. The average Bonchev–Trinajstić information content (AvgIpc) is 3.20. The van der Waals surface area contributed by atoms with Crippen molar-refractivity contribution < 1.29 is 23.6 Å². The molecule has 0 aliphatic heterocycles. The minimum absolute atomic E-state index is 0.131. The van der Waals surface area contributed by atoms with E-state index in [1.807, 2.05) is 6.92 Å². The molecule has 9 heteroatoms. The van der Waals surface area contributed by atoms with Crippen LogP contribution in [0.15, 0.2) is 53.1 Å². The molecule has 3 rings (SSSR count). The van der Waals surface area contributed by atoms with E-state index in [0.717, 1.165) is 0 Å². The van der Waals surface area contributed by atoms with Crippen LogP contribution in [-0.2, 0) is 16.1 Å². The zero-order chi connectivity index (χ0) is 20.6. The molecule has 1 heterocycles. The summed E-state index contributed by atoms with van der Waals surface area (Å²) in [5, 5.41) is 6.86. The van der Waals surface area contributed by atoms with Crippen LogP contribution in [0.2, 0.25) is 5.02 Å². The molecular weight excluding hydrogens is 398 g/mol. The van der Waals surface area contributed by atoms with Gasteiger partial charge < -0.3 is 19.3 Å². The summed E-state index contributed by atoms with van der Waals surface area (Å²) in [7, 11) is 0. The Kier molecular flexibility index (Phi) is 6.80. The van der Waals surface area contributed by atoms with Crippen LogP contribution < -0.4 is 10.1 Å². The van der Waals surface area contributed by atoms with Crippen LogP contribution in [0.4, 0.5) is 0 Å². The molecule has 1 N–H and O–H groups in total. The molecule has 8 nitrogen and oxygen atoms in total. The molecule has 150 valence electrons. The molecule has 0 saturated heterocycles. The summed E-state index contributed by atoms with van der Waals surface area (Å²) in [6, 6.07) is 13.6. The van der Waals surface area contributed by atoms with E-state index >= 15 is 0 Å². The molecule has 1 aromatic heterocycles. The van der Waals surface area contributed by atoms with Crippen molar-refractivity contribution in [3.8, 4) is 17.1 Å². The highest BCUT2D eigenvalue weighted by Gasteiger charge is 2.13. The summed E-state index contributed by atoms with van der Waals surface area (Å²) in [6.45, 7) is 1.92. The lowest BCUT2D eigenvalue weighted by Crippen LogP contribution is -2.30. The van der Waals surface area contributed by atoms with Gasteiger partial charge in [-0.05, 0) is 43.3 Å². The van der Waals surface area contributed by atoms with Gasteiger partial charge in [0.05, 0.1) is 6.61 Å². The van der Waals surface area contributed by atoms with E-state index in [2.05, 4.69) is 15.5 Å². The van der Waals surface area contributed by atoms with Crippen molar-refractivity contribution in [1.29, 1.82) is 0 Å². The molecule has 0 aliphatic rings. The van der Waals surface area contributed by atoms with Crippen molar-refractivity contribution >= 4 is 23.5 Å². The fourth-order valence-electron chi connectivity index (χ4n) is 2.38. The Morgan fingerprint density at radius 1 is 1.17 bits per heavy atom. The van der Waals surface area contributed by atoms with E-state index in [9.17, 15) is 9.59 Å². The van der Waals surface area contributed by atoms with E-state index in [1.165, 1.54) is 0 Å². The van der Waals surface area contributed by atoms with Gasteiger partial charge in [0.15, 0.2) is 6.61 Å². The third-order valence-electron chi connectivity index (χ3n) is 3.73. The van der Waals surface area contributed by atoms with E-state index in [0.29, 0.717) is 34.3 Å². The number of hydrogen-bond donors (Lipinski definition) is 1. The maximum atomic E-state index is 12.1. The fraction of sp³-hybridized carbons (Fsp3) is 0.200. The molecule has 0 radical (unpaired) electrons. The largest absolute Gasteiger partial charge is 0.494 e. The van der Waals surface area contributed by atoms with Crippen LogP contribution in [0, 0.1) is 0 Å². The van der Waals surface area contributed by atoms with E-state index in [1.54, 1.807) is 48.5 Å². The van der Waals surface area contributed by atoms with Crippen LogP contribution in [0.3, 0.4) is 0 Å². The van der Waals surface area contributed by atoms with Crippen molar-refractivity contribution in [2.24, 2.45) is 0 Å². The first-order valence-corrected chi connectivity index (χ1v) is 9.18. The summed E-state index contributed by atoms with van der Waals surface area (Å²) in [5.41, 5.74) is 1.09. The highest BCUT2D eigenvalue weighted by atomic mass is 35.5. The quantitative estimate of drug-likeness (QED) is 0.563. The number of nitrogens with one attached hydrogen (secondary N) is 1. The van der Waals surface area contributed by atoms with Gasteiger partial charge in [-0.2, -0.15) is 4.98 Å². The lowest BCUT2D eigenvalue weighted by Gasteiger charge is -2.06. The van der Waals surface area contributed by atoms with Gasteiger partial charge >= 0.3 is 5.97 Å². The second kappa shape index (κ2) is 9.70. The number of benzene rings is 2. The Morgan fingerprint density at radius 3 is 2.69 bits per heavy atom. The zero-order valence-electron chi connectivity index (χ0n) is 15.6. The van der Waals surface area contributed by atoms with Gasteiger partial charge in [-0.25, -0.2) is 0 Å². The molecule has 0 aliphatic carbocycles. The Balaban J connectivity index is 1.46. The topological polar surface area (TPSA) is 104 Å². The van der Waals surface area contributed by atoms with Crippen LogP contribution >= 0.6 is 11.6 Å². The number of aromatic nitrogens is 2. The average molecular weight is 416 g/mol. The molecule has 2 aromatic carbocycles. The van der Waals surface area contributed by atoms with Crippen molar-refractivity contribution in [3.05, 3.63) is 65.0 Å². The highest BCUT2D eigenvalue weighted by Crippen LogP contribution is 2.20. The van der Waals surface area contributed by atoms with Crippen LogP contribution in [0.25, 0.3) is 11.4 Å². The SMILES string of the molecule is CCOc1ccc(C(=O)NCC(=O)OCc2nc(-c3cccc(Cl)c3)no2)cc1. The van der Waals surface area contributed by atoms with E-state index in [-0.39, 0.29) is 19.0 Å². The van der Waals surface area contributed by atoms with Crippen LogP contribution in [0.1, 0.15) is 23.2 Å². The molecule has 0 saturated carbocycles. The van der Waals surface area contributed by atoms with Crippen molar-refractivity contribution in [2.45, 2.75) is 13.5 Å². The number of esters is 1. The molecule has 3 aromatic rings. The molecule has 0 bridgehead atoms. The first kappa shape index (κ1) is 20.3.